The third kappa shape index (κ3) is 3.64. The van der Waals surface area contributed by atoms with Gasteiger partial charge in [-0.15, -0.1) is 10.2 Å². The van der Waals surface area contributed by atoms with E-state index >= 15 is 0 Å². The topological polar surface area (TPSA) is 47.5 Å². The molecule has 1 heterocycles. The van der Waals surface area contributed by atoms with Crippen LogP contribution in [-0.4, -0.2) is 31.5 Å². The fraction of sp³-hybridized carbons (Fsp3) is 0.467. The lowest BCUT2D eigenvalue weighted by molar-refractivity contribution is 0.354. The van der Waals surface area contributed by atoms with E-state index in [9.17, 15) is 0 Å². The first-order valence-electron chi connectivity index (χ1n) is 6.80. The quantitative estimate of drug-likeness (QED) is 0.819. The second-order valence-electron chi connectivity index (χ2n) is 5.12. The van der Waals surface area contributed by atoms with E-state index in [1.165, 1.54) is 0 Å². The van der Waals surface area contributed by atoms with Crippen LogP contribution in [0.1, 0.15) is 30.3 Å². The average Bonchev–Trinajstić information content (AvgIpc) is 2.97. The predicted molar refractivity (Wildman–Crippen MR) is 85.7 cm³/mol. The first-order valence-corrected chi connectivity index (χ1v) is 7.62. The summed E-state index contributed by atoms with van der Waals surface area (Å²) in [6, 6.07) is 5.93. The maximum Gasteiger partial charge on any atom is 0.208 e. The fourth-order valence-corrected chi connectivity index (χ4v) is 2.74. The number of benzene rings is 1. The highest BCUT2D eigenvalue weighted by atomic mass is 32.1. The number of hydrogen-bond donors (Lipinski definition) is 0. The predicted octanol–water partition coefficient (Wildman–Crippen LogP) is 3.32. The van der Waals surface area contributed by atoms with Crippen LogP contribution in [0.4, 0.5) is 5.13 Å². The Morgan fingerprint density at radius 2 is 1.86 bits per heavy atom. The van der Waals surface area contributed by atoms with Crippen molar-refractivity contribution >= 4 is 16.5 Å². The molecule has 2 rings (SSSR count). The van der Waals surface area contributed by atoms with Gasteiger partial charge < -0.3 is 14.4 Å². The van der Waals surface area contributed by atoms with Gasteiger partial charge in [0.05, 0.1) is 14.2 Å². The molecule has 5 nitrogen and oxygen atoms in total. The van der Waals surface area contributed by atoms with Crippen molar-refractivity contribution in [1.29, 1.82) is 0 Å². The van der Waals surface area contributed by atoms with Crippen LogP contribution in [0.3, 0.4) is 0 Å². The van der Waals surface area contributed by atoms with E-state index in [1.807, 2.05) is 25.2 Å². The van der Waals surface area contributed by atoms with Crippen molar-refractivity contribution in [2.24, 2.45) is 0 Å². The average molecular weight is 307 g/mol. The van der Waals surface area contributed by atoms with Crippen LogP contribution in [0, 0.1) is 0 Å². The molecular weight excluding hydrogens is 286 g/mol. The highest BCUT2D eigenvalue weighted by molar-refractivity contribution is 7.15. The van der Waals surface area contributed by atoms with E-state index in [2.05, 4.69) is 28.9 Å². The molecule has 21 heavy (non-hydrogen) atoms. The summed E-state index contributed by atoms with van der Waals surface area (Å²) in [5.41, 5.74) is 1.14. The van der Waals surface area contributed by atoms with Crippen molar-refractivity contribution in [2.75, 3.05) is 26.2 Å². The fourth-order valence-electron chi connectivity index (χ4n) is 1.93. The van der Waals surface area contributed by atoms with Gasteiger partial charge in [0.15, 0.2) is 11.5 Å². The molecule has 0 fully saturated rings. The van der Waals surface area contributed by atoms with Crippen molar-refractivity contribution in [3.63, 3.8) is 0 Å². The lowest BCUT2D eigenvalue weighted by Crippen LogP contribution is -2.16. The van der Waals surface area contributed by atoms with E-state index < -0.39 is 0 Å². The van der Waals surface area contributed by atoms with Gasteiger partial charge in [-0.2, -0.15) is 0 Å². The highest BCUT2D eigenvalue weighted by Crippen LogP contribution is 2.29. The minimum Gasteiger partial charge on any atom is -0.493 e. The van der Waals surface area contributed by atoms with Gasteiger partial charge in [-0.25, -0.2) is 0 Å². The molecule has 6 heteroatoms. The smallest absolute Gasteiger partial charge is 0.208 e. The molecule has 0 saturated heterocycles. The third-order valence-corrected chi connectivity index (χ3v) is 4.46. The summed E-state index contributed by atoms with van der Waals surface area (Å²) in [7, 11) is 5.30. The van der Waals surface area contributed by atoms with Gasteiger partial charge in [-0.1, -0.05) is 31.3 Å². The third-order valence-electron chi connectivity index (χ3n) is 3.12. The van der Waals surface area contributed by atoms with Crippen LogP contribution < -0.4 is 14.4 Å². The van der Waals surface area contributed by atoms with Gasteiger partial charge >= 0.3 is 0 Å². The molecule has 0 radical (unpaired) electrons. The van der Waals surface area contributed by atoms with E-state index in [0.717, 1.165) is 33.7 Å². The van der Waals surface area contributed by atoms with Gasteiger partial charge in [-0.3, -0.25) is 0 Å². The first kappa shape index (κ1) is 15.6. The largest absolute Gasteiger partial charge is 0.493 e. The summed E-state index contributed by atoms with van der Waals surface area (Å²) in [4.78, 5) is 2.09. The SMILES string of the molecule is COc1ccc(CN(C)c2nnc(C(C)C)s2)cc1OC. The zero-order valence-corrected chi connectivity index (χ0v) is 13.9. The van der Waals surface area contributed by atoms with Crippen LogP contribution in [0.5, 0.6) is 11.5 Å². The molecule has 0 aliphatic heterocycles. The molecule has 1 aromatic carbocycles. The van der Waals surface area contributed by atoms with Gasteiger partial charge in [0.1, 0.15) is 5.01 Å². The van der Waals surface area contributed by atoms with Crippen molar-refractivity contribution < 1.29 is 9.47 Å². The normalized spacial score (nSPS) is 10.8. The van der Waals surface area contributed by atoms with Crippen LogP contribution in [0.15, 0.2) is 18.2 Å². The Bertz CT molecular complexity index is 598. The number of nitrogens with zero attached hydrogens (tertiary/aromatic N) is 3. The summed E-state index contributed by atoms with van der Waals surface area (Å²) in [6.45, 7) is 4.99. The lowest BCUT2D eigenvalue weighted by Gasteiger charge is -2.16. The van der Waals surface area contributed by atoms with Gasteiger partial charge in [0.25, 0.3) is 0 Å². The molecule has 0 atom stereocenters. The number of hydrogen-bond acceptors (Lipinski definition) is 6. The molecule has 114 valence electrons. The van der Waals surface area contributed by atoms with E-state index in [1.54, 1.807) is 25.6 Å². The Balaban J connectivity index is 2.13. The molecule has 0 N–H and O–H groups in total. The van der Waals surface area contributed by atoms with Crippen LogP contribution in [0.2, 0.25) is 0 Å². The van der Waals surface area contributed by atoms with E-state index in [0.29, 0.717) is 5.92 Å². The van der Waals surface area contributed by atoms with Gasteiger partial charge in [-0.05, 0) is 17.7 Å². The van der Waals surface area contributed by atoms with Crippen LogP contribution >= 0.6 is 11.3 Å². The molecule has 0 amide bonds. The Labute approximate surface area is 129 Å². The van der Waals surface area contributed by atoms with Crippen molar-refractivity contribution in [1.82, 2.24) is 10.2 Å². The van der Waals surface area contributed by atoms with Crippen molar-refractivity contribution in [2.45, 2.75) is 26.3 Å². The number of ether oxygens (including phenoxy) is 2. The van der Waals surface area contributed by atoms with Crippen LogP contribution in [-0.2, 0) is 6.54 Å². The van der Waals surface area contributed by atoms with E-state index in [-0.39, 0.29) is 0 Å². The number of aromatic nitrogens is 2. The van der Waals surface area contributed by atoms with E-state index in [4.69, 9.17) is 9.47 Å². The van der Waals surface area contributed by atoms with Crippen molar-refractivity contribution in [3.05, 3.63) is 28.8 Å². The summed E-state index contributed by atoms with van der Waals surface area (Å²) in [5.74, 6) is 1.89. The summed E-state index contributed by atoms with van der Waals surface area (Å²) >= 11 is 1.63. The Morgan fingerprint density at radius 1 is 1.14 bits per heavy atom. The van der Waals surface area contributed by atoms with Gasteiger partial charge in [0.2, 0.25) is 5.13 Å². The number of methoxy groups -OCH3 is 2. The Kier molecular flexibility index (Phi) is 5.01. The molecule has 0 unspecified atom stereocenters. The molecule has 0 saturated carbocycles. The zero-order chi connectivity index (χ0) is 15.4. The zero-order valence-electron chi connectivity index (χ0n) is 13.1. The second-order valence-corrected chi connectivity index (χ2v) is 6.11. The molecule has 1 aromatic heterocycles. The highest BCUT2D eigenvalue weighted by Gasteiger charge is 2.12. The summed E-state index contributed by atoms with van der Waals surface area (Å²) in [6.07, 6.45) is 0. The molecule has 0 bridgehead atoms. The maximum absolute atomic E-state index is 5.33. The molecule has 0 aliphatic rings. The Hall–Kier alpha value is -1.82. The molecule has 2 aromatic rings. The molecular formula is C15H21N3O2S. The Morgan fingerprint density at radius 3 is 2.43 bits per heavy atom. The monoisotopic (exact) mass is 307 g/mol. The minimum absolute atomic E-state index is 0.408. The first-order chi connectivity index (χ1) is 10.0. The molecule has 0 spiro atoms. The standard InChI is InChI=1S/C15H21N3O2S/c1-10(2)14-16-17-15(21-14)18(3)9-11-6-7-12(19-4)13(8-11)20-5/h6-8,10H,9H2,1-5H3. The minimum atomic E-state index is 0.408. The summed E-state index contributed by atoms with van der Waals surface area (Å²) in [5, 5.41) is 10.5. The second kappa shape index (κ2) is 6.76. The molecule has 0 aliphatic carbocycles. The number of rotatable bonds is 6. The van der Waals surface area contributed by atoms with Crippen molar-refractivity contribution in [3.8, 4) is 11.5 Å². The van der Waals surface area contributed by atoms with Crippen LogP contribution in [0.25, 0.3) is 0 Å². The lowest BCUT2D eigenvalue weighted by atomic mass is 10.2. The summed E-state index contributed by atoms with van der Waals surface area (Å²) < 4.78 is 10.6. The van der Waals surface area contributed by atoms with Gasteiger partial charge in [0, 0.05) is 19.5 Å². The maximum atomic E-state index is 5.33. The number of anilines is 1.